The van der Waals surface area contributed by atoms with E-state index in [9.17, 15) is 23.1 Å². The van der Waals surface area contributed by atoms with Crippen molar-refractivity contribution in [3.05, 3.63) is 29.8 Å². The normalized spacial score (nSPS) is 16.4. The number of halogens is 3. The Hall–Kier alpha value is -1.76. The van der Waals surface area contributed by atoms with Crippen molar-refractivity contribution in [2.75, 3.05) is 13.2 Å². The first-order valence-electron chi connectivity index (χ1n) is 6.62. The molecule has 2 N–H and O–H groups in total. The molecule has 4 nitrogen and oxygen atoms in total. The van der Waals surface area contributed by atoms with Gasteiger partial charge in [-0.15, -0.1) is 0 Å². The van der Waals surface area contributed by atoms with Crippen LogP contribution < -0.4 is 10.1 Å². The van der Waals surface area contributed by atoms with Crippen LogP contribution in [0.3, 0.4) is 0 Å². The lowest BCUT2D eigenvalue weighted by atomic mass is 10.2. The number of hydrogen-bond donors (Lipinski definition) is 2. The van der Waals surface area contributed by atoms with E-state index in [1.54, 1.807) is 0 Å². The third-order valence-electron chi connectivity index (χ3n) is 3.06. The van der Waals surface area contributed by atoms with Crippen LogP contribution in [0.1, 0.15) is 18.4 Å². The first kappa shape index (κ1) is 15.6. The van der Waals surface area contributed by atoms with Crippen LogP contribution in [-0.2, 0) is 11.0 Å². The molecule has 0 spiro atoms. The molecule has 0 radical (unpaired) electrons. The second kappa shape index (κ2) is 6.34. The van der Waals surface area contributed by atoms with E-state index in [-0.39, 0.29) is 30.7 Å². The Balaban J connectivity index is 1.77. The van der Waals surface area contributed by atoms with Crippen LogP contribution in [0.25, 0.3) is 0 Å². The van der Waals surface area contributed by atoms with Gasteiger partial charge in [-0.2, -0.15) is 13.2 Å². The van der Waals surface area contributed by atoms with Gasteiger partial charge in [0.15, 0.2) is 0 Å². The van der Waals surface area contributed by atoms with Gasteiger partial charge in [0.2, 0.25) is 5.91 Å². The molecule has 1 aromatic carbocycles. The highest BCUT2D eigenvalue weighted by Crippen LogP contribution is 2.31. The lowest BCUT2D eigenvalue weighted by molar-refractivity contribution is -0.137. The van der Waals surface area contributed by atoms with E-state index in [0.29, 0.717) is 0 Å². The number of nitrogens with one attached hydrogen (secondary N) is 1. The summed E-state index contributed by atoms with van der Waals surface area (Å²) < 4.78 is 42.6. The van der Waals surface area contributed by atoms with Crippen molar-refractivity contribution in [1.82, 2.24) is 5.32 Å². The summed E-state index contributed by atoms with van der Waals surface area (Å²) in [5, 5.41) is 12.2. The fourth-order valence-corrected chi connectivity index (χ4v) is 1.72. The fourth-order valence-electron chi connectivity index (χ4n) is 1.72. The van der Waals surface area contributed by atoms with E-state index < -0.39 is 17.8 Å². The predicted octanol–water partition coefficient (Wildman–Crippen LogP) is 1.97. The highest BCUT2D eigenvalue weighted by atomic mass is 19.4. The smallest absolute Gasteiger partial charge is 0.416 e. The Morgan fingerprint density at radius 1 is 1.43 bits per heavy atom. The molecule has 0 aromatic heterocycles. The van der Waals surface area contributed by atoms with E-state index in [0.717, 1.165) is 25.0 Å². The van der Waals surface area contributed by atoms with Gasteiger partial charge in [-0.3, -0.25) is 4.79 Å². The number of amides is 1. The Bertz CT molecular complexity index is 500. The molecule has 1 aromatic rings. The lowest BCUT2D eigenvalue weighted by Crippen LogP contribution is -2.36. The summed E-state index contributed by atoms with van der Waals surface area (Å²) in [6, 6.07) is 4.43. The highest BCUT2D eigenvalue weighted by Gasteiger charge is 2.31. The molecular formula is C14H16F3NO3. The van der Waals surface area contributed by atoms with E-state index in [4.69, 9.17) is 4.74 Å². The number of carbonyl (C=O) groups is 1. The molecule has 1 aliphatic rings. The highest BCUT2D eigenvalue weighted by molar-refractivity contribution is 5.80. The Labute approximate surface area is 119 Å². The number of carbonyl (C=O) groups excluding carboxylic acids is 1. The number of aliphatic hydroxyl groups is 1. The van der Waals surface area contributed by atoms with Crippen molar-refractivity contribution in [1.29, 1.82) is 0 Å². The molecular weight excluding hydrogens is 287 g/mol. The maximum absolute atomic E-state index is 12.5. The van der Waals surface area contributed by atoms with Crippen molar-refractivity contribution < 1.29 is 27.8 Å². The van der Waals surface area contributed by atoms with Gasteiger partial charge in [-0.25, -0.2) is 0 Å². The van der Waals surface area contributed by atoms with Crippen LogP contribution in [0.15, 0.2) is 24.3 Å². The number of ether oxygens (including phenoxy) is 1. The number of aliphatic hydroxyl groups excluding tert-OH is 1. The zero-order valence-electron chi connectivity index (χ0n) is 11.2. The van der Waals surface area contributed by atoms with Crippen molar-refractivity contribution in [3.63, 3.8) is 0 Å². The van der Waals surface area contributed by atoms with Gasteiger partial charge >= 0.3 is 6.18 Å². The first-order valence-corrected chi connectivity index (χ1v) is 6.62. The van der Waals surface area contributed by atoms with Crippen molar-refractivity contribution in [2.45, 2.75) is 25.1 Å². The minimum Gasteiger partial charge on any atom is -0.491 e. The lowest BCUT2D eigenvalue weighted by Gasteiger charge is -2.14. The minimum atomic E-state index is -4.43. The van der Waals surface area contributed by atoms with Gasteiger partial charge in [0.05, 0.1) is 5.56 Å². The SMILES string of the molecule is O=C(NCC(O)COc1cccc(C(F)(F)F)c1)C1CC1. The zero-order chi connectivity index (χ0) is 15.5. The molecule has 0 saturated heterocycles. The van der Waals surface area contributed by atoms with Crippen LogP contribution >= 0.6 is 0 Å². The van der Waals surface area contributed by atoms with Crippen molar-refractivity contribution in [2.24, 2.45) is 5.92 Å². The van der Waals surface area contributed by atoms with E-state index >= 15 is 0 Å². The molecule has 2 rings (SSSR count). The van der Waals surface area contributed by atoms with Gasteiger partial charge in [0, 0.05) is 12.5 Å². The molecule has 1 unspecified atom stereocenters. The van der Waals surface area contributed by atoms with Crippen LogP contribution in [-0.4, -0.2) is 30.3 Å². The molecule has 1 fully saturated rings. The van der Waals surface area contributed by atoms with Crippen LogP contribution in [0, 0.1) is 5.92 Å². The van der Waals surface area contributed by atoms with Crippen LogP contribution in [0.5, 0.6) is 5.75 Å². The minimum absolute atomic E-state index is 0.0221. The second-order valence-electron chi connectivity index (χ2n) is 5.01. The molecule has 7 heteroatoms. The van der Waals surface area contributed by atoms with Gasteiger partial charge < -0.3 is 15.2 Å². The Morgan fingerprint density at radius 2 is 2.14 bits per heavy atom. The summed E-state index contributed by atoms with van der Waals surface area (Å²) in [7, 11) is 0. The first-order chi connectivity index (χ1) is 9.86. The summed E-state index contributed by atoms with van der Waals surface area (Å²) >= 11 is 0. The maximum Gasteiger partial charge on any atom is 0.416 e. The molecule has 1 aliphatic carbocycles. The summed E-state index contributed by atoms with van der Waals surface area (Å²) in [4.78, 5) is 11.4. The molecule has 0 heterocycles. The molecule has 0 aliphatic heterocycles. The standard InChI is InChI=1S/C14H16F3NO3/c15-14(16,17)10-2-1-3-12(6-10)21-8-11(19)7-18-13(20)9-4-5-9/h1-3,6,9,11,19H,4-5,7-8H2,(H,18,20). The molecule has 21 heavy (non-hydrogen) atoms. The third kappa shape index (κ3) is 4.93. The van der Waals surface area contributed by atoms with Crippen LogP contribution in [0.4, 0.5) is 13.2 Å². The monoisotopic (exact) mass is 303 g/mol. The number of alkyl halides is 3. The number of rotatable bonds is 6. The van der Waals surface area contributed by atoms with E-state index in [2.05, 4.69) is 5.32 Å². The van der Waals surface area contributed by atoms with Crippen molar-refractivity contribution in [3.8, 4) is 5.75 Å². The van der Waals surface area contributed by atoms with Gasteiger partial charge in [-0.1, -0.05) is 6.07 Å². The Kier molecular flexibility index (Phi) is 4.72. The number of benzene rings is 1. The summed E-state index contributed by atoms with van der Waals surface area (Å²) in [5.41, 5.74) is -0.809. The average Bonchev–Trinajstić information content (AvgIpc) is 3.26. The molecule has 0 bridgehead atoms. The van der Waals surface area contributed by atoms with E-state index in [1.807, 2.05) is 0 Å². The molecule has 1 amide bonds. The summed E-state index contributed by atoms with van der Waals surface area (Å²) in [5.74, 6) is -0.0351. The Morgan fingerprint density at radius 3 is 2.76 bits per heavy atom. The van der Waals surface area contributed by atoms with E-state index in [1.165, 1.54) is 12.1 Å². The van der Waals surface area contributed by atoms with Gasteiger partial charge in [-0.05, 0) is 31.0 Å². The van der Waals surface area contributed by atoms with Gasteiger partial charge in [0.1, 0.15) is 18.5 Å². The average molecular weight is 303 g/mol. The van der Waals surface area contributed by atoms with Gasteiger partial charge in [0.25, 0.3) is 0 Å². The van der Waals surface area contributed by atoms with Crippen molar-refractivity contribution >= 4 is 5.91 Å². The maximum atomic E-state index is 12.5. The predicted molar refractivity (Wildman–Crippen MR) is 68.7 cm³/mol. The summed E-state index contributed by atoms with van der Waals surface area (Å²) in [6.45, 7) is -0.166. The topological polar surface area (TPSA) is 58.6 Å². The zero-order valence-corrected chi connectivity index (χ0v) is 11.2. The fraction of sp³-hybridized carbons (Fsp3) is 0.500. The third-order valence-corrected chi connectivity index (χ3v) is 3.06. The molecule has 116 valence electrons. The van der Waals surface area contributed by atoms with Crippen LogP contribution in [0.2, 0.25) is 0 Å². The molecule has 1 saturated carbocycles. The largest absolute Gasteiger partial charge is 0.491 e. The second-order valence-corrected chi connectivity index (χ2v) is 5.01. The number of hydrogen-bond acceptors (Lipinski definition) is 3. The quantitative estimate of drug-likeness (QED) is 0.845. The molecule has 1 atom stereocenters. The summed E-state index contributed by atoms with van der Waals surface area (Å²) in [6.07, 6.45) is -3.68.